The van der Waals surface area contributed by atoms with E-state index in [1.807, 2.05) is 0 Å². The molecule has 0 bridgehead atoms. The van der Waals surface area contributed by atoms with Gasteiger partial charge in [-0.15, -0.1) is 0 Å². The minimum atomic E-state index is -1.75. The first-order chi connectivity index (χ1) is 8.00. The van der Waals surface area contributed by atoms with Crippen molar-refractivity contribution in [2.45, 2.75) is 11.2 Å². The molecule has 1 heterocycles. The first-order valence-corrected chi connectivity index (χ1v) is 6.37. The van der Waals surface area contributed by atoms with Gasteiger partial charge in [0, 0.05) is 9.92 Å². The van der Waals surface area contributed by atoms with Crippen LogP contribution < -0.4 is 0 Å². The number of hydrogen-bond donors (Lipinski definition) is 1. The van der Waals surface area contributed by atoms with E-state index < -0.39 is 23.1 Å². The zero-order valence-corrected chi connectivity index (χ0v) is 10.6. The van der Waals surface area contributed by atoms with Crippen molar-refractivity contribution in [3.05, 3.63) is 39.2 Å². The smallest absolute Gasteiger partial charge is 0.353 e. The van der Waals surface area contributed by atoms with E-state index in [1.165, 1.54) is 12.1 Å². The van der Waals surface area contributed by atoms with Crippen LogP contribution in [0.5, 0.6) is 0 Å². The van der Waals surface area contributed by atoms with Gasteiger partial charge in [-0.25, -0.2) is 9.00 Å². The molecule has 4 nitrogen and oxygen atoms in total. The van der Waals surface area contributed by atoms with E-state index in [9.17, 15) is 14.1 Å². The summed E-state index contributed by atoms with van der Waals surface area (Å²) in [7, 11) is -1.75. The highest BCUT2D eigenvalue weighted by molar-refractivity contribution is 7.89. The molecule has 90 valence electrons. The topological polar surface area (TPSA) is 63.6 Å². The minimum Gasteiger partial charge on any atom is -0.426 e. The molecule has 1 aromatic carbocycles. The highest BCUT2D eigenvalue weighted by Gasteiger charge is 2.36. The third-order valence-corrected chi connectivity index (χ3v) is 4.29. The quantitative estimate of drug-likeness (QED) is 0.844. The third kappa shape index (κ3) is 2.37. The van der Waals surface area contributed by atoms with Crippen LogP contribution in [-0.2, 0) is 20.3 Å². The number of benzene rings is 1. The normalized spacial score (nSPS) is 21.6. The van der Waals surface area contributed by atoms with Gasteiger partial charge in [-0.2, -0.15) is 0 Å². The Bertz CT molecular complexity index is 524. The summed E-state index contributed by atoms with van der Waals surface area (Å²) in [6.07, 6.45) is -1.56. The molecule has 7 heteroatoms. The molecule has 1 N–H and O–H groups in total. The van der Waals surface area contributed by atoms with Gasteiger partial charge in [0.1, 0.15) is 9.94 Å². The number of ether oxygens (including phenoxy) is 1. The summed E-state index contributed by atoms with van der Waals surface area (Å²) in [6.45, 7) is 0. The molecule has 0 saturated carbocycles. The monoisotopic (exact) mass is 292 g/mol. The lowest BCUT2D eigenvalue weighted by Crippen LogP contribution is -2.13. The number of aliphatic hydroxyl groups excluding tert-OH is 1. The van der Waals surface area contributed by atoms with Crippen LogP contribution in [0, 0.1) is 0 Å². The van der Waals surface area contributed by atoms with Crippen molar-refractivity contribution >= 4 is 40.0 Å². The second-order valence-corrected chi connectivity index (χ2v) is 5.42. The summed E-state index contributed by atoms with van der Waals surface area (Å²) < 4.78 is 16.5. The van der Waals surface area contributed by atoms with Crippen LogP contribution in [0.4, 0.5) is 0 Å². The Labute approximate surface area is 109 Å². The predicted molar refractivity (Wildman–Crippen MR) is 62.8 cm³/mol. The number of esters is 1. The maximum atomic E-state index is 12.1. The van der Waals surface area contributed by atoms with Gasteiger partial charge in [0.25, 0.3) is 0 Å². The summed E-state index contributed by atoms with van der Waals surface area (Å²) in [6, 6.07) is 6.14. The van der Waals surface area contributed by atoms with Gasteiger partial charge in [0.15, 0.2) is 0 Å². The average molecular weight is 293 g/mol. The van der Waals surface area contributed by atoms with Crippen molar-refractivity contribution in [2.75, 3.05) is 0 Å². The number of carbonyl (C=O) groups is 1. The molecule has 0 amide bonds. The van der Waals surface area contributed by atoms with E-state index in [4.69, 9.17) is 23.2 Å². The maximum absolute atomic E-state index is 12.1. The van der Waals surface area contributed by atoms with Gasteiger partial charge in [-0.1, -0.05) is 23.2 Å². The van der Waals surface area contributed by atoms with Crippen molar-refractivity contribution in [2.24, 2.45) is 0 Å². The van der Waals surface area contributed by atoms with E-state index in [0.717, 1.165) is 0 Å². The number of carbonyl (C=O) groups excluding carboxylic acids is 1. The fourth-order valence-electron chi connectivity index (χ4n) is 1.27. The number of rotatable bonds is 2. The highest BCUT2D eigenvalue weighted by Crippen LogP contribution is 2.30. The van der Waals surface area contributed by atoms with Gasteiger partial charge >= 0.3 is 5.97 Å². The number of halogens is 2. The Morgan fingerprint density at radius 3 is 2.29 bits per heavy atom. The number of aliphatic hydroxyl groups is 1. The van der Waals surface area contributed by atoms with Crippen molar-refractivity contribution in [3.63, 3.8) is 0 Å². The van der Waals surface area contributed by atoms with E-state index in [-0.39, 0.29) is 9.94 Å². The molecular weight excluding hydrogens is 287 g/mol. The zero-order chi connectivity index (χ0) is 12.6. The largest absolute Gasteiger partial charge is 0.426 e. The summed E-state index contributed by atoms with van der Waals surface area (Å²) in [5.41, 5.74) is 0. The fourth-order valence-corrected chi connectivity index (χ4v) is 2.86. The molecule has 1 aliphatic rings. The lowest BCUT2D eigenvalue weighted by atomic mass is 10.4. The molecule has 0 aliphatic carbocycles. The van der Waals surface area contributed by atoms with E-state index in [2.05, 4.69) is 4.74 Å². The highest BCUT2D eigenvalue weighted by atomic mass is 35.5. The standard InChI is InChI=1S/C10H6Cl2O4S/c11-5-1-3-6(4-2-5)17(15)8-7(12)9(13)16-10(8)14/h1-4,10,14H. The summed E-state index contributed by atoms with van der Waals surface area (Å²) in [5.74, 6) is -0.878. The second kappa shape index (κ2) is 4.78. The van der Waals surface area contributed by atoms with Crippen LogP contribution >= 0.6 is 23.2 Å². The number of hydrogen-bond acceptors (Lipinski definition) is 4. The zero-order valence-electron chi connectivity index (χ0n) is 8.22. The van der Waals surface area contributed by atoms with Gasteiger partial charge in [-0.3, -0.25) is 0 Å². The third-order valence-electron chi connectivity index (χ3n) is 2.07. The van der Waals surface area contributed by atoms with Crippen molar-refractivity contribution in [3.8, 4) is 0 Å². The van der Waals surface area contributed by atoms with Crippen LogP contribution in [0.25, 0.3) is 0 Å². The van der Waals surface area contributed by atoms with Crippen LogP contribution in [0.2, 0.25) is 5.02 Å². The lowest BCUT2D eigenvalue weighted by Gasteiger charge is -2.06. The Kier molecular flexibility index (Phi) is 3.53. The Hall–Kier alpha value is -0.880. The SMILES string of the molecule is O=C1OC(O)C(S(=O)c2ccc(Cl)cc2)=C1Cl. The first-order valence-electron chi connectivity index (χ1n) is 4.47. The van der Waals surface area contributed by atoms with Crippen LogP contribution in [0.3, 0.4) is 0 Å². The van der Waals surface area contributed by atoms with E-state index >= 15 is 0 Å². The van der Waals surface area contributed by atoms with Crippen LogP contribution in [-0.4, -0.2) is 21.6 Å². The fraction of sp³-hybridized carbons (Fsp3) is 0.100. The molecule has 1 aromatic rings. The summed E-state index contributed by atoms with van der Waals surface area (Å²) in [5, 5.41) is 9.56. The average Bonchev–Trinajstić information content (AvgIpc) is 2.53. The van der Waals surface area contributed by atoms with E-state index in [1.54, 1.807) is 12.1 Å². The predicted octanol–water partition coefficient (Wildman–Crippen LogP) is 1.77. The van der Waals surface area contributed by atoms with Crippen molar-refractivity contribution in [1.82, 2.24) is 0 Å². The molecule has 0 fully saturated rings. The van der Waals surface area contributed by atoms with Crippen LogP contribution in [0.15, 0.2) is 39.1 Å². The van der Waals surface area contributed by atoms with Gasteiger partial charge in [0.2, 0.25) is 6.29 Å². The Balaban J connectivity index is 2.38. The molecule has 17 heavy (non-hydrogen) atoms. The molecule has 0 saturated heterocycles. The van der Waals surface area contributed by atoms with E-state index in [0.29, 0.717) is 9.92 Å². The molecular formula is C10H6Cl2O4S. The second-order valence-electron chi connectivity index (χ2n) is 3.16. The molecule has 0 spiro atoms. The molecule has 2 rings (SSSR count). The molecule has 2 atom stereocenters. The minimum absolute atomic E-state index is 0.140. The van der Waals surface area contributed by atoms with Crippen molar-refractivity contribution < 1.29 is 18.8 Å². The van der Waals surface area contributed by atoms with Gasteiger partial charge in [0.05, 0.1) is 10.8 Å². The molecule has 2 unspecified atom stereocenters. The molecule has 1 aliphatic heterocycles. The maximum Gasteiger partial charge on any atom is 0.353 e. The Morgan fingerprint density at radius 1 is 1.24 bits per heavy atom. The van der Waals surface area contributed by atoms with Gasteiger partial charge in [-0.05, 0) is 24.3 Å². The number of cyclic esters (lactones) is 1. The molecule has 0 aromatic heterocycles. The van der Waals surface area contributed by atoms with Gasteiger partial charge < -0.3 is 9.84 Å². The first kappa shape index (κ1) is 12.6. The van der Waals surface area contributed by atoms with Crippen LogP contribution in [0.1, 0.15) is 0 Å². The lowest BCUT2D eigenvalue weighted by molar-refractivity contribution is -0.150. The Morgan fingerprint density at radius 2 is 1.82 bits per heavy atom. The summed E-state index contributed by atoms with van der Waals surface area (Å²) >= 11 is 11.3. The van der Waals surface area contributed by atoms with Crippen molar-refractivity contribution in [1.29, 1.82) is 0 Å². The summed E-state index contributed by atoms with van der Waals surface area (Å²) in [4.78, 5) is 11.3. The molecule has 0 radical (unpaired) electrons.